The summed E-state index contributed by atoms with van der Waals surface area (Å²) < 4.78 is 23.7. The van der Waals surface area contributed by atoms with Gasteiger partial charge in [-0.2, -0.15) is 0 Å². The number of nitrogens with one attached hydrogen (secondary N) is 1. The van der Waals surface area contributed by atoms with Gasteiger partial charge in [-0.15, -0.1) is 5.10 Å². The first-order valence-corrected chi connectivity index (χ1v) is 12.2. The molecule has 1 aromatic heterocycles. The van der Waals surface area contributed by atoms with Crippen LogP contribution in [0.2, 0.25) is 0 Å². The predicted molar refractivity (Wildman–Crippen MR) is 111 cm³/mol. The number of rotatable bonds is 7. The second-order valence-electron chi connectivity index (χ2n) is 7.24. The highest BCUT2D eigenvalue weighted by Crippen LogP contribution is 2.24. The lowest BCUT2D eigenvalue weighted by Gasteiger charge is -2.33. The van der Waals surface area contributed by atoms with Gasteiger partial charge in [0.1, 0.15) is 0 Å². The number of carbonyl (C=O) groups is 1. The molecule has 1 fully saturated rings. The van der Waals surface area contributed by atoms with E-state index in [0.717, 1.165) is 12.0 Å². The average molecular weight is 423 g/mol. The van der Waals surface area contributed by atoms with Gasteiger partial charge < -0.3 is 4.90 Å². The molecule has 9 heteroatoms. The number of aromatic amines is 1. The van der Waals surface area contributed by atoms with Crippen molar-refractivity contribution in [3.05, 3.63) is 29.8 Å². The number of hydrogen-bond acceptors (Lipinski definition) is 6. The van der Waals surface area contributed by atoms with Crippen LogP contribution in [0.15, 0.2) is 29.4 Å². The molecule has 0 radical (unpaired) electrons. The highest BCUT2D eigenvalue weighted by atomic mass is 32.2. The molecule has 1 aliphatic rings. The normalized spacial score (nSPS) is 19.5. The molecule has 1 aromatic carbocycles. The van der Waals surface area contributed by atoms with Crippen molar-refractivity contribution in [1.29, 1.82) is 0 Å². The minimum absolute atomic E-state index is 0.00154. The lowest BCUT2D eigenvalue weighted by molar-refractivity contribution is -0.132. The zero-order valence-electron chi connectivity index (χ0n) is 16.4. The fourth-order valence-electron chi connectivity index (χ4n) is 3.35. The molecule has 28 heavy (non-hydrogen) atoms. The van der Waals surface area contributed by atoms with E-state index in [2.05, 4.69) is 15.2 Å². The number of hydrogen-bond donors (Lipinski definition) is 1. The summed E-state index contributed by atoms with van der Waals surface area (Å²) in [5.74, 6) is 1.00. The van der Waals surface area contributed by atoms with E-state index in [1.807, 2.05) is 45.0 Å². The summed E-state index contributed by atoms with van der Waals surface area (Å²) in [6.45, 7) is 6.00. The van der Waals surface area contributed by atoms with Gasteiger partial charge >= 0.3 is 0 Å². The number of benzene rings is 1. The Labute approximate surface area is 170 Å². The maximum atomic E-state index is 12.9. The van der Waals surface area contributed by atoms with Gasteiger partial charge in [-0.1, -0.05) is 48.5 Å². The Morgan fingerprint density at radius 2 is 2.07 bits per heavy atom. The maximum Gasteiger partial charge on any atom is 0.233 e. The van der Waals surface area contributed by atoms with Crippen LogP contribution in [0.1, 0.15) is 32.3 Å². The number of carbonyl (C=O) groups excluding carboxylic acids is 1. The first-order valence-electron chi connectivity index (χ1n) is 9.43. The molecule has 1 amide bonds. The SMILES string of the molecule is CC[C@H](C)N(C(=O)CSc1n[nH]c(-c2ccc(C)cc2)n1)[C@H]1CCS(=O)(=O)C1. The van der Waals surface area contributed by atoms with Gasteiger partial charge in [0, 0.05) is 17.6 Å². The summed E-state index contributed by atoms with van der Waals surface area (Å²) in [6, 6.07) is 7.73. The standard InChI is InChI=1S/C19H26N4O3S2/c1-4-14(3)23(16-9-10-28(25,26)12-16)17(24)11-27-19-20-18(21-22-19)15-7-5-13(2)6-8-15/h5-8,14,16H,4,9-12H2,1-3H3,(H,20,21,22)/t14-,16-/m0/s1. The Hall–Kier alpha value is -1.87. The van der Waals surface area contributed by atoms with Gasteiger partial charge in [0.2, 0.25) is 11.1 Å². The van der Waals surface area contributed by atoms with Crippen LogP contribution in [-0.4, -0.2) is 63.7 Å². The number of aromatic nitrogens is 3. The van der Waals surface area contributed by atoms with Gasteiger partial charge in [-0.05, 0) is 26.7 Å². The van der Waals surface area contributed by atoms with Crippen LogP contribution >= 0.6 is 11.8 Å². The number of aryl methyl sites for hydroxylation is 1. The van der Waals surface area contributed by atoms with Crippen LogP contribution in [0.25, 0.3) is 11.4 Å². The van der Waals surface area contributed by atoms with Crippen LogP contribution < -0.4 is 0 Å². The maximum absolute atomic E-state index is 12.9. The lowest BCUT2D eigenvalue weighted by Crippen LogP contribution is -2.47. The molecule has 7 nitrogen and oxygen atoms in total. The smallest absolute Gasteiger partial charge is 0.233 e. The Morgan fingerprint density at radius 3 is 2.68 bits per heavy atom. The van der Waals surface area contributed by atoms with Gasteiger partial charge in [0.05, 0.1) is 17.3 Å². The molecule has 1 aliphatic heterocycles. The Balaban J connectivity index is 1.65. The monoisotopic (exact) mass is 422 g/mol. The topological polar surface area (TPSA) is 96.0 Å². The van der Waals surface area contributed by atoms with Crippen molar-refractivity contribution < 1.29 is 13.2 Å². The zero-order chi connectivity index (χ0) is 20.3. The van der Waals surface area contributed by atoms with Gasteiger partial charge in [0.25, 0.3) is 0 Å². The molecule has 2 heterocycles. The second kappa shape index (κ2) is 8.65. The fourth-order valence-corrected chi connectivity index (χ4v) is 5.73. The van der Waals surface area contributed by atoms with E-state index in [1.165, 1.54) is 17.3 Å². The fraction of sp³-hybridized carbons (Fsp3) is 0.526. The summed E-state index contributed by atoms with van der Waals surface area (Å²) in [4.78, 5) is 19.1. The van der Waals surface area contributed by atoms with Crippen molar-refractivity contribution in [1.82, 2.24) is 20.1 Å². The van der Waals surface area contributed by atoms with Crippen molar-refractivity contribution in [2.24, 2.45) is 0 Å². The molecule has 1 N–H and O–H groups in total. The minimum Gasteiger partial charge on any atom is -0.335 e. The summed E-state index contributed by atoms with van der Waals surface area (Å²) >= 11 is 1.27. The predicted octanol–water partition coefficient (Wildman–Crippen LogP) is 2.69. The van der Waals surface area contributed by atoms with Crippen molar-refractivity contribution >= 4 is 27.5 Å². The van der Waals surface area contributed by atoms with E-state index >= 15 is 0 Å². The van der Waals surface area contributed by atoms with Crippen LogP contribution in [0.4, 0.5) is 0 Å². The third kappa shape index (κ3) is 4.94. The summed E-state index contributed by atoms with van der Waals surface area (Å²) in [6.07, 6.45) is 1.30. The molecular formula is C19H26N4O3S2. The molecule has 0 saturated carbocycles. The molecule has 0 aliphatic carbocycles. The molecule has 2 aromatic rings. The highest BCUT2D eigenvalue weighted by molar-refractivity contribution is 7.99. The van der Waals surface area contributed by atoms with Crippen LogP contribution in [0.5, 0.6) is 0 Å². The van der Waals surface area contributed by atoms with Crippen LogP contribution in [0.3, 0.4) is 0 Å². The summed E-state index contributed by atoms with van der Waals surface area (Å²) in [5, 5.41) is 7.61. The van der Waals surface area contributed by atoms with Crippen LogP contribution in [-0.2, 0) is 14.6 Å². The molecule has 0 bridgehead atoms. The van der Waals surface area contributed by atoms with E-state index in [1.54, 1.807) is 4.90 Å². The van der Waals surface area contributed by atoms with Crippen molar-refractivity contribution in [2.75, 3.05) is 17.3 Å². The lowest BCUT2D eigenvalue weighted by atomic mass is 10.1. The summed E-state index contributed by atoms with van der Waals surface area (Å²) in [7, 11) is -3.04. The quantitative estimate of drug-likeness (QED) is 0.689. The van der Waals surface area contributed by atoms with Gasteiger partial charge in [-0.3, -0.25) is 9.89 Å². The van der Waals surface area contributed by atoms with Crippen molar-refractivity contribution in [2.45, 2.75) is 50.9 Å². The number of thioether (sulfide) groups is 1. The molecule has 0 unspecified atom stereocenters. The second-order valence-corrected chi connectivity index (χ2v) is 10.4. The van der Waals surface area contributed by atoms with E-state index in [-0.39, 0.29) is 35.2 Å². The number of nitrogens with zero attached hydrogens (tertiary/aromatic N) is 3. The first-order chi connectivity index (χ1) is 13.3. The Bertz CT molecular complexity index is 925. The number of amides is 1. The van der Waals surface area contributed by atoms with Crippen LogP contribution in [0, 0.1) is 6.92 Å². The van der Waals surface area contributed by atoms with E-state index in [4.69, 9.17) is 0 Å². The zero-order valence-corrected chi connectivity index (χ0v) is 18.0. The Morgan fingerprint density at radius 1 is 1.36 bits per heavy atom. The Kier molecular flexibility index (Phi) is 6.44. The van der Waals surface area contributed by atoms with E-state index in [9.17, 15) is 13.2 Å². The molecule has 152 valence electrons. The van der Waals surface area contributed by atoms with Gasteiger partial charge in [-0.25, -0.2) is 13.4 Å². The van der Waals surface area contributed by atoms with Crippen molar-refractivity contribution in [3.8, 4) is 11.4 Å². The van der Waals surface area contributed by atoms with Gasteiger partial charge in [0.15, 0.2) is 15.7 Å². The van der Waals surface area contributed by atoms with E-state index < -0.39 is 9.84 Å². The highest BCUT2D eigenvalue weighted by Gasteiger charge is 2.36. The third-order valence-electron chi connectivity index (χ3n) is 5.07. The molecular weight excluding hydrogens is 396 g/mol. The van der Waals surface area contributed by atoms with Crippen molar-refractivity contribution in [3.63, 3.8) is 0 Å². The first kappa shape index (κ1) is 20.9. The molecule has 2 atom stereocenters. The minimum atomic E-state index is -3.04. The average Bonchev–Trinajstić information content (AvgIpc) is 3.27. The number of H-pyrrole nitrogens is 1. The molecule has 1 saturated heterocycles. The largest absolute Gasteiger partial charge is 0.335 e. The third-order valence-corrected chi connectivity index (χ3v) is 7.65. The summed E-state index contributed by atoms with van der Waals surface area (Å²) in [5.41, 5.74) is 2.11. The molecule has 3 rings (SSSR count). The van der Waals surface area contributed by atoms with E-state index in [0.29, 0.717) is 17.4 Å². The molecule has 0 spiro atoms. The number of sulfone groups is 1.